The number of hydrogen-bond acceptors (Lipinski definition) is 4. The summed E-state index contributed by atoms with van der Waals surface area (Å²) < 4.78 is 0. The van der Waals surface area contributed by atoms with Crippen LogP contribution in [0.3, 0.4) is 0 Å². The van der Waals surface area contributed by atoms with Crippen molar-refractivity contribution in [2.75, 3.05) is 0 Å². The lowest BCUT2D eigenvalue weighted by Crippen LogP contribution is -2.27. The van der Waals surface area contributed by atoms with E-state index in [9.17, 15) is 24.3 Å². The van der Waals surface area contributed by atoms with Crippen molar-refractivity contribution >= 4 is 23.4 Å². The van der Waals surface area contributed by atoms with Gasteiger partial charge < -0.3 is 10.8 Å². The lowest BCUT2D eigenvalue weighted by molar-refractivity contribution is -0.131. The van der Waals surface area contributed by atoms with Crippen LogP contribution < -0.4 is 5.73 Å². The maximum atomic E-state index is 13.2. The second-order valence-electron chi connectivity index (χ2n) is 8.57. The number of carboxylic acid groups (broad SMARTS) is 1. The van der Waals surface area contributed by atoms with Crippen molar-refractivity contribution < 1.29 is 24.3 Å². The SMILES string of the molecule is NC(=O)C(CC1CCCc2c(C(=O)C(=O)O)cccc21)c1ccccc1C(=O)c1ccccc1. The smallest absolute Gasteiger partial charge is 0.377 e. The summed E-state index contributed by atoms with van der Waals surface area (Å²) in [5.74, 6) is -3.93. The van der Waals surface area contributed by atoms with Crippen molar-refractivity contribution in [1.29, 1.82) is 0 Å². The van der Waals surface area contributed by atoms with Gasteiger partial charge in [0.25, 0.3) is 5.78 Å². The van der Waals surface area contributed by atoms with Crippen LogP contribution in [0.5, 0.6) is 0 Å². The largest absolute Gasteiger partial charge is 0.475 e. The first kappa shape index (κ1) is 23.1. The number of carboxylic acids is 1. The summed E-state index contributed by atoms with van der Waals surface area (Å²) in [7, 11) is 0. The second-order valence-corrected chi connectivity index (χ2v) is 8.57. The molecule has 1 amide bonds. The van der Waals surface area contributed by atoms with Crippen LogP contribution in [0, 0.1) is 0 Å². The van der Waals surface area contributed by atoms with Gasteiger partial charge >= 0.3 is 5.97 Å². The van der Waals surface area contributed by atoms with Crippen LogP contribution in [-0.4, -0.2) is 28.5 Å². The zero-order valence-corrected chi connectivity index (χ0v) is 18.6. The van der Waals surface area contributed by atoms with Gasteiger partial charge in [0.2, 0.25) is 5.91 Å². The Morgan fingerprint density at radius 1 is 0.882 bits per heavy atom. The van der Waals surface area contributed by atoms with Crippen LogP contribution >= 0.6 is 0 Å². The molecular formula is C28H25NO5. The molecule has 1 aliphatic rings. The van der Waals surface area contributed by atoms with Crippen LogP contribution in [0.15, 0.2) is 72.8 Å². The fourth-order valence-corrected chi connectivity index (χ4v) is 4.95. The van der Waals surface area contributed by atoms with Crippen molar-refractivity contribution in [3.8, 4) is 0 Å². The number of fused-ring (bicyclic) bond motifs is 1. The summed E-state index contributed by atoms with van der Waals surface area (Å²) in [4.78, 5) is 49.4. The van der Waals surface area contributed by atoms with Crippen LogP contribution in [0.2, 0.25) is 0 Å². The van der Waals surface area contributed by atoms with Crippen molar-refractivity contribution in [1.82, 2.24) is 0 Å². The maximum absolute atomic E-state index is 13.2. The fraction of sp³-hybridized carbons (Fsp3) is 0.214. The third kappa shape index (κ3) is 4.53. The number of amides is 1. The van der Waals surface area contributed by atoms with Gasteiger partial charge in [-0.15, -0.1) is 0 Å². The molecule has 6 nitrogen and oxygen atoms in total. The van der Waals surface area contributed by atoms with Crippen molar-refractivity contribution in [2.24, 2.45) is 5.73 Å². The fourth-order valence-electron chi connectivity index (χ4n) is 4.95. The Morgan fingerprint density at radius 3 is 2.26 bits per heavy atom. The summed E-state index contributed by atoms with van der Waals surface area (Å²) in [6.07, 6.45) is 2.51. The van der Waals surface area contributed by atoms with Gasteiger partial charge in [0.1, 0.15) is 0 Å². The first-order valence-corrected chi connectivity index (χ1v) is 11.3. The number of rotatable bonds is 8. The monoisotopic (exact) mass is 455 g/mol. The Hall–Kier alpha value is -4.06. The molecule has 4 rings (SSSR count). The minimum Gasteiger partial charge on any atom is -0.475 e. The molecule has 0 bridgehead atoms. The zero-order valence-electron chi connectivity index (χ0n) is 18.6. The number of aliphatic carboxylic acids is 1. The lowest BCUT2D eigenvalue weighted by atomic mass is 9.74. The third-order valence-electron chi connectivity index (χ3n) is 6.55. The minimum atomic E-state index is -1.49. The van der Waals surface area contributed by atoms with Gasteiger partial charge in [-0.3, -0.25) is 14.4 Å². The molecule has 0 fully saturated rings. The number of Topliss-reactive ketones (excluding diaryl/α,β-unsaturated/α-hetero) is 1. The molecule has 0 heterocycles. The molecule has 3 aromatic carbocycles. The Labute approximate surface area is 197 Å². The van der Waals surface area contributed by atoms with Gasteiger partial charge in [0.15, 0.2) is 5.78 Å². The highest BCUT2D eigenvalue weighted by atomic mass is 16.4. The van der Waals surface area contributed by atoms with Crippen LogP contribution in [0.1, 0.15) is 74.1 Å². The average Bonchev–Trinajstić information content (AvgIpc) is 2.86. The molecule has 2 unspecified atom stereocenters. The molecule has 3 N–H and O–H groups in total. The molecule has 0 radical (unpaired) electrons. The number of benzene rings is 3. The summed E-state index contributed by atoms with van der Waals surface area (Å²) >= 11 is 0. The molecule has 34 heavy (non-hydrogen) atoms. The van der Waals surface area contributed by atoms with Crippen LogP contribution in [0.25, 0.3) is 0 Å². The van der Waals surface area contributed by atoms with E-state index in [0.29, 0.717) is 29.5 Å². The summed E-state index contributed by atoms with van der Waals surface area (Å²) in [5, 5.41) is 9.20. The van der Waals surface area contributed by atoms with Crippen LogP contribution in [-0.2, 0) is 16.0 Å². The predicted molar refractivity (Wildman–Crippen MR) is 127 cm³/mol. The first-order chi connectivity index (χ1) is 16.4. The normalized spacial score (nSPS) is 15.7. The van der Waals surface area contributed by atoms with Gasteiger partial charge in [-0.25, -0.2) is 4.79 Å². The Bertz CT molecular complexity index is 1260. The number of carbonyl (C=O) groups is 4. The molecule has 6 heteroatoms. The van der Waals surface area contributed by atoms with Crippen LogP contribution in [0.4, 0.5) is 0 Å². The predicted octanol–water partition coefficient (Wildman–Crippen LogP) is 4.26. The zero-order chi connectivity index (χ0) is 24.2. The average molecular weight is 456 g/mol. The highest BCUT2D eigenvalue weighted by Gasteiger charge is 2.32. The molecular weight excluding hydrogens is 430 g/mol. The molecule has 3 aromatic rings. The van der Waals surface area contributed by atoms with Crippen molar-refractivity contribution in [3.05, 3.63) is 106 Å². The maximum Gasteiger partial charge on any atom is 0.377 e. The lowest BCUT2D eigenvalue weighted by Gasteiger charge is -2.29. The molecule has 1 aliphatic carbocycles. The Balaban J connectivity index is 1.71. The first-order valence-electron chi connectivity index (χ1n) is 11.3. The highest BCUT2D eigenvalue weighted by molar-refractivity contribution is 6.40. The number of hydrogen-bond donors (Lipinski definition) is 2. The molecule has 0 spiro atoms. The number of ketones is 2. The highest BCUT2D eigenvalue weighted by Crippen LogP contribution is 2.40. The van der Waals surface area contributed by atoms with E-state index >= 15 is 0 Å². The summed E-state index contributed by atoms with van der Waals surface area (Å²) in [6.45, 7) is 0. The molecule has 0 aromatic heterocycles. The van der Waals surface area contributed by atoms with Crippen molar-refractivity contribution in [2.45, 2.75) is 37.5 Å². The second kappa shape index (κ2) is 9.83. The van der Waals surface area contributed by atoms with E-state index in [1.54, 1.807) is 54.6 Å². The number of carbonyl (C=O) groups excluding carboxylic acids is 3. The van der Waals surface area contributed by atoms with Gasteiger partial charge in [0.05, 0.1) is 5.92 Å². The van der Waals surface area contributed by atoms with E-state index in [4.69, 9.17) is 5.73 Å². The van der Waals surface area contributed by atoms with E-state index in [2.05, 4.69) is 0 Å². The molecule has 172 valence electrons. The standard InChI is InChI=1S/C28H25NO5/c29-27(32)24(21-11-4-5-12-22(21)25(30)17-8-2-1-3-9-17)16-18-10-6-14-20-19(18)13-7-15-23(20)26(31)28(33)34/h1-5,7-9,11-13,15,18,24H,6,10,14,16H2,(H2,29,32)(H,33,34). The van der Waals surface area contributed by atoms with Gasteiger partial charge in [-0.1, -0.05) is 72.8 Å². The van der Waals surface area contributed by atoms with E-state index in [-0.39, 0.29) is 17.3 Å². The van der Waals surface area contributed by atoms with E-state index in [0.717, 1.165) is 24.0 Å². The van der Waals surface area contributed by atoms with Gasteiger partial charge in [-0.2, -0.15) is 0 Å². The molecule has 0 saturated carbocycles. The quantitative estimate of drug-likeness (QED) is 0.389. The van der Waals surface area contributed by atoms with E-state index < -0.39 is 23.6 Å². The topological polar surface area (TPSA) is 115 Å². The van der Waals surface area contributed by atoms with Gasteiger partial charge in [0, 0.05) is 16.7 Å². The third-order valence-corrected chi connectivity index (χ3v) is 6.55. The summed E-state index contributed by atoms with van der Waals surface area (Å²) in [5.41, 5.74) is 9.18. The van der Waals surface area contributed by atoms with Crippen molar-refractivity contribution in [3.63, 3.8) is 0 Å². The molecule has 2 atom stereocenters. The number of primary amides is 1. The Kier molecular flexibility index (Phi) is 6.68. The van der Waals surface area contributed by atoms with E-state index in [1.165, 1.54) is 6.07 Å². The number of nitrogens with two attached hydrogens (primary N) is 1. The molecule has 0 aliphatic heterocycles. The van der Waals surface area contributed by atoms with Gasteiger partial charge in [-0.05, 0) is 48.3 Å². The van der Waals surface area contributed by atoms with E-state index in [1.807, 2.05) is 12.1 Å². The Morgan fingerprint density at radius 2 is 1.56 bits per heavy atom. The summed E-state index contributed by atoms with van der Waals surface area (Å²) in [6, 6.07) is 21.0. The minimum absolute atomic E-state index is 0.0947. The molecule has 0 saturated heterocycles.